The summed E-state index contributed by atoms with van der Waals surface area (Å²) in [5.41, 5.74) is -5.62. The molecular weight excluding hydrogens is 576 g/mol. The van der Waals surface area contributed by atoms with Crippen LogP contribution in [0.5, 0.6) is 0 Å². The van der Waals surface area contributed by atoms with E-state index < -0.39 is 58.7 Å². The molecule has 3 N–H and O–H groups in total. The van der Waals surface area contributed by atoms with Crippen LogP contribution < -0.4 is 10.6 Å². The van der Waals surface area contributed by atoms with Gasteiger partial charge in [-0.1, -0.05) is 0 Å². The Bertz CT molecular complexity index is 1300. The maximum Gasteiger partial charge on any atom is 0.417 e. The van der Waals surface area contributed by atoms with Gasteiger partial charge in [0.15, 0.2) is 5.01 Å². The van der Waals surface area contributed by atoms with Crippen LogP contribution in [0.4, 0.5) is 32.2 Å². The van der Waals surface area contributed by atoms with Gasteiger partial charge in [-0.25, -0.2) is 9.97 Å². The zero-order valence-corrected chi connectivity index (χ0v) is 23.6. The van der Waals surface area contributed by atoms with Crippen LogP contribution in [0.15, 0.2) is 12.3 Å². The van der Waals surface area contributed by atoms with Gasteiger partial charge in [0.05, 0.1) is 21.5 Å². The second-order valence-corrected chi connectivity index (χ2v) is 12.7. The molecule has 2 fully saturated rings. The molecule has 2 aliphatic rings. The van der Waals surface area contributed by atoms with E-state index in [9.17, 15) is 41.0 Å². The van der Waals surface area contributed by atoms with Crippen molar-refractivity contribution in [1.29, 1.82) is 0 Å². The molecule has 0 radical (unpaired) electrons. The molecule has 0 aromatic carbocycles. The lowest BCUT2D eigenvalue weighted by molar-refractivity contribution is -0.206. The van der Waals surface area contributed by atoms with Gasteiger partial charge in [0, 0.05) is 36.9 Å². The fourth-order valence-corrected chi connectivity index (χ4v) is 5.86. The number of halogens is 6. The van der Waals surface area contributed by atoms with Crippen molar-refractivity contribution in [3.8, 4) is 10.4 Å². The Balaban J connectivity index is 1.76. The van der Waals surface area contributed by atoms with E-state index in [4.69, 9.17) is 0 Å². The van der Waals surface area contributed by atoms with E-state index in [1.54, 1.807) is 4.90 Å². The Kier molecular flexibility index (Phi) is 8.10. The molecule has 2 bridgehead atoms. The second-order valence-electron chi connectivity index (χ2n) is 11.7. The van der Waals surface area contributed by atoms with E-state index >= 15 is 0 Å². The first-order valence-corrected chi connectivity index (χ1v) is 13.8. The van der Waals surface area contributed by atoms with Crippen molar-refractivity contribution in [1.82, 2.24) is 20.2 Å². The van der Waals surface area contributed by atoms with Gasteiger partial charge in [0.25, 0.3) is 11.8 Å². The molecule has 4 rings (SSSR count). The molecule has 0 unspecified atom stereocenters. The van der Waals surface area contributed by atoms with E-state index in [0.717, 1.165) is 45.7 Å². The number of alkyl halides is 6. The van der Waals surface area contributed by atoms with Gasteiger partial charge < -0.3 is 20.6 Å². The first kappa shape index (κ1) is 31.0. The number of nitrogens with one attached hydrogen (secondary N) is 2. The summed E-state index contributed by atoms with van der Waals surface area (Å²) in [5.74, 6) is -1.81. The monoisotopic (exact) mass is 607 g/mol. The summed E-state index contributed by atoms with van der Waals surface area (Å²) >= 11 is 0.577. The van der Waals surface area contributed by atoms with Gasteiger partial charge in [-0.15, -0.1) is 11.3 Å². The lowest BCUT2D eigenvalue weighted by Crippen LogP contribution is -2.38. The molecule has 0 saturated carbocycles. The smallest absolute Gasteiger partial charge is 0.389 e. The second kappa shape index (κ2) is 10.7. The van der Waals surface area contributed by atoms with Crippen LogP contribution in [0.25, 0.3) is 10.4 Å². The summed E-state index contributed by atoms with van der Waals surface area (Å²) in [6.45, 7) is 3.81. The molecule has 0 spiro atoms. The number of hydrogen-bond donors (Lipinski definition) is 3. The summed E-state index contributed by atoms with van der Waals surface area (Å²) in [6.07, 6.45) is -5.71. The lowest BCUT2D eigenvalue weighted by Gasteiger charge is -2.28. The summed E-state index contributed by atoms with van der Waals surface area (Å²) in [4.78, 5) is 36.0. The molecule has 226 valence electrons. The first-order chi connectivity index (χ1) is 18.8. The number of aromatic nitrogens is 2. The number of rotatable bonds is 8. The fourth-order valence-electron chi connectivity index (χ4n) is 4.86. The number of fused-ring (bicyclic) bond motifs is 2. The molecule has 0 aliphatic carbocycles. The van der Waals surface area contributed by atoms with Crippen LogP contribution in [0, 0.1) is 5.41 Å². The minimum Gasteiger partial charge on any atom is -0.389 e. The highest BCUT2D eigenvalue weighted by molar-refractivity contribution is 7.17. The molecule has 0 atom stereocenters. The molecule has 4 heterocycles. The zero-order valence-electron chi connectivity index (χ0n) is 22.8. The maximum absolute atomic E-state index is 14.3. The Hall–Kier alpha value is -2.94. The van der Waals surface area contributed by atoms with Gasteiger partial charge >= 0.3 is 12.4 Å². The number of amides is 2. The van der Waals surface area contributed by atoms with E-state index in [0.29, 0.717) is 17.4 Å². The van der Waals surface area contributed by atoms with Crippen molar-refractivity contribution in [2.24, 2.45) is 5.41 Å². The Labute approximate surface area is 236 Å². The van der Waals surface area contributed by atoms with Gasteiger partial charge in [-0.05, 0) is 59.4 Å². The maximum atomic E-state index is 14.3. The van der Waals surface area contributed by atoms with Crippen molar-refractivity contribution in [2.75, 3.05) is 18.4 Å². The molecule has 41 heavy (non-hydrogen) atoms. The minimum atomic E-state index is -4.98. The van der Waals surface area contributed by atoms with Gasteiger partial charge in [-0.3, -0.25) is 9.59 Å². The lowest BCUT2D eigenvalue weighted by atomic mass is 9.93. The summed E-state index contributed by atoms with van der Waals surface area (Å²) < 4.78 is 82.7. The SMILES string of the molecule is CC(C)(O)CNC(=O)c1nc(C(=O)N2[C@H]3CC[C@H]2CC3)c(-c2cnc(NCC(C)(C)C(F)(F)F)cc2C(F)(F)F)s1. The van der Waals surface area contributed by atoms with E-state index in [-0.39, 0.29) is 34.2 Å². The van der Waals surface area contributed by atoms with Gasteiger partial charge in [-0.2, -0.15) is 26.3 Å². The number of carbonyl (C=O) groups excluding carboxylic acids is 2. The highest BCUT2D eigenvalue weighted by Crippen LogP contribution is 2.44. The summed E-state index contributed by atoms with van der Waals surface area (Å²) in [6, 6.07) is 0.445. The first-order valence-electron chi connectivity index (χ1n) is 13.0. The Morgan fingerprint density at radius 2 is 1.61 bits per heavy atom. The predicted octanol–water partition coefficient (Wildman–Crippen LogP) is 5.49. The Morgan fingerprint density at radius 3 is 2.12 bits per heavy atom. The number of carbonyl (C=O) groups is 2. The minimum absolute atomic E-state index is 0.0710. The van der Waals surface area contributed by atoms with Crippen LogP contribution in [0.2, 0.25) is 0 Å². The predicted molar refractivity (Wildman–Crippen MR) is 140 cm³/mol. The number of anilines is 1. The zero-order chi connectivity index (χ0) is 30.5. The molecule has 2 amide bonds. The molecule has 2 saturated heterocycles. The molecule has 2 aliphatic heterocycles. The van der Waals surface area contributed by atoms with Crippen molar-refractivity contribution >= 4 is 29.0 Å². The third-order valence-electron chi connectivity index (χ3n) is 7.33. The summed E-state index contributed by atoms with van der Waals surface area (Å²) in [7, 11) is 0. The third kappa shape index (κ3) is 6.60. The number of nitrogens with zero attached hydrogens (tertiary/aromatic N) is 3. The fraction of sp³-hybridized carbons (Fsp3) is 0.615. The van der Waals surface area contributed by atoms with Crippen LogP contribution in [-0.2, 0) is 6.18 Å². The molecular formula is C26H31F6N5O3S. The van der Waals surface area contributed by atoms with Crippen LogP contribution in [0.3, 0.4) is 0 Å². The van der Waals surface area contributed by atoms with Crippen molar-refractivity contribution in [2.45, 2.75) is 83.4 Å². The highest BCUT2D eigenvalue weighted by atomic mass is 32.1. The van der Waals surface area contributed by atoms with E-state index in [2.05, 4.69) is 20.6 Å². The van der Waals surface area contributed by atoms with Crippen molar-refractivity contribution < 1.29 is 41.0 Å². The Morgan fingerprint density at radius 1 is 1.02 bits per heavy atom. The summed E-state index contributed by atoms with van der Waals surface area (Å²) in [5, 5.41) is 14.5. The van der Waals surface area contributed by atoms with Crippen LogP contribution in [-0.4, -0.2) is 68.7 Å². The van der Waals surface area contributed by atoms with Gasteiger partial charge in [0.2, 0.25) is 0 Å². The molecule has 2 aromatic heterocycles. The third-order valence-corrected chi connectivity index (χ3v) is 8.41. The average molecular weight is 608 g/mol. The standard InChI is InChI=1S/C26H31F6N5O3S/c1-23(2,26(30,31)32)11-34-17-9-16(25(27,28)29)15(10-33-17)19-18(22(39)37-13-5-6-14(37)8-7-13)36-21(41-19)20(38)35-12-24(3,4)40/h9-10,13-14,40H,5-8,11-12H2,1-4H3,(H,33,34)(H,35,38)/t13-,14-. The topological polar surface area (TPSA) is 107 Å². The van der Waals surface area contributed by atoms with E-state index in [1.807, 2.05) is 0 Å². The number of thiazole rings is 1. The molecule has 2 aromatic rings. The number of pyridine rings is 1. The normalized spacial score (nSPS) is 19.5. The van der Waals surface area contributed by atoms with Crippen LogP contribution in [0.1, 0.15) is 79.2 Å². The molecule has 15 heteroatoms. The van der Waals surface area contributed by atoms with Crippen LogP contribution >= 0.6 is 11.3 Å². The average Bonchev–Trinajstić information content (AvgIpc) is 3.58. The number of hydrogen-bond acceptors (Lipinski definition) is 7. The highest BCUT2D eigenvalue weighted by Gasteiger charge is 2.47. The largest absolute Gasteiger partial charge is 0.417 e. The number of aliphatic hydroxyl groups is 1. The van der Waals surface area contributed by atoms with E-state index in [1.165, 1.54) is 13.8 Å². The quantitative estimate of drug-likeness (QED) is 0.343. The van der Waals surface area contributed by atoms with Crippen molar-refractivity contribution in [3.63, 3.8) is 0 Å². The molecule has 8 nitrogen and oxygen atoms in total. The van der Waals surface area contributed by atoms with Crippen molar-refractivity contribution in [3.05, 3.63) is 28.5 Å². The van der Waals surface area contributed by atoms with Gasteiger partial charge in [0.1, 0.15) is 11.5 Å².